The number of piperazine rings is 1. The lowest BCUT2D eigenvalue weighted by Crippen LogP contribution is -2.48. The van der Waals surface area contributed by atoms with Crippen LogP contribution in [0.25, 0.3) is 0 Å². The van der Waals surface area contributed by atoms with Gasteiger partial charge in [0.1, 0.15) is 0 Å². The van der Waals surface area contributed by atoms with E-state index in [9.17, 15) is 0 Å². The average molecular weight is 269 g/mol. The summed E-state index contributed by atoms with van der Waals surface area (Å²) in [5.74, 6) is 0.809. The molecule has 1 aliphatic heterocycles. The lowest BCUT2D eigenvalue weighted by atomic mass is 10.2. The van der Waals surface area contributed by atoms with Gasteiger partial charge in [-0.3, -0.25) is 4.90 Å². The van der Waals surface area contributed by atoms with Crippen LogP contribution in [0.3, 0.4) is 0 Å². The number of hydrazine groups is 1. The first kappa shape index (κ1) is 13.0. The Morgan fingerprint density at radius 2 is 1.75 bits per heavy atom. The standard InChI is InChI=1S/C15H19N5/c1-2-5-14(6-3-1)13-19-9-11-20(12-10-19)18-15-7-4-8-16-17-15/h1-8H,9-13H2,(H,17,18). The van der Waals surface area contributed by atoms with Crippen LogP contribution in [0.2, 0.25) is 0 Å². The average Bonchev–Trinajstić information content (AvgIpc) is 2.51. The van der Waals surface area contributed by atoms with Crippen LogP contribution in [0.4, 0.5) is 5.82 Å². The van der Waals surface area contributed by atoms with Gasteiger partial charge in [-0.15, -0.1) is 5.10 Å². The molecule has 1 saturated heterocycles. The Balaban J connectivity index is 1.47. The van der Waals surface area contributed by atoms with Crippen LogP contribution < -0.4 is 5.43 Å². The zero-order chi connectivity index (χ0) is 13.6. The third kappa shape index (κ3) is 3.53. The van der Waals surface area contributed by atoms with Crippen molar-refractivity contribution < 1.29 is 0 Å². The highest BCUT2D eigenvalue weighted by atomic mass is 15.5. The first-order chi connectivity index (χ1) is 9.90. The van der Waals surface area contributed by atoms with E-state index < -0.39 is 0 Å². The molecule has 1 aromatic heterocycles. The molecule has 5 heteroatoms. The summed E-state index contributed by atoms with van der Waals surface area (Å²) in [5.41, 5.74) is 4.68. The molecule has 3 rings (SSSR count). The number of nitrogens with zero attached hydrogens (tertiary/aromatic N) is 4. The van der Waals surface area contributed by atoms with Crippen molar-refractivity contribution in [2.75, 3.05) is 31.6 Å². The van der Waals surface area contributed by atoms with Gasteiger partial charge in [0.05, 0.1) is 0 Å². The Bertz CT molecular complexity index is 459. The van der Waals surface area contributed by atoms with Gasteiger partial charge in [0.25, 0.3) is 0 Å². The van der Waals surface area contributed by atoms with Gasteiger partial charge in [-0.25, -0.2) is 5.01 Å². The van der Waals surface area contributed by atoms with Gasteiger partial charge >= 0.3 is 0 Å². The Morgan fingerprint density at radius 1 is 0.950 bits per heavy atom. The number of hydrogen-bond donors (Lipinski definition) is 1. The highest BCUT2D eigenvalue weighted by Crippen LogP contribution is 2.09. The molecule has 2 heterocycles. The van der Waals surface area contributed by atoms with Crippen molar-refractivity contribution in [2.24, 2.45) is 0 Å². The van der Waals surface area contributed by atoms with E-state index in [0.717, 1.165) is 38.5 Å². The molecule has 104 valence electrons. The summed E-state index contributed by atoms with van der Waals surface area (Å²) in [4.78, 5) is 2.48. The summed E-state index contributed by atoms with van der Waals surface area (Å²) >= 11 is 0. The van der Waals surface area contributed by atoms with Crippen molar-refractivity contribution in [2.45, 2.75) is 6.54 Å². The molecule has 0 saturated carbocycles. The van der Waals surface area contributed by atoms with E-state index in [1.807, 2.05) is 12.1 Å². The lowest BCUT2D eigenvalue weighted by Gasteiger charge is -2.34. The van der Waals surface area contributed by atoms with Crippen molar-refractivity contribution in [3.05, 3.63) is 54.2 Å². The summed E-state index contributed by atoms with van der Waals surface area (Å²) in [6, 6.07) is 14.5. The van der Waals surface area contributed by atoms with Crippen LogP contribution >= 0.6 is 0 Å². The second-order valence-corrected chi connectivity index (χ2v) is 4.97. The van der Waals surface area contributed by atoms with Crippen LogP contribution in [-0.2, 0) is 6.54 Å². The summed E-state index contributed by atoms with van der Waals surface area (Å²) in [6.07, 6.45) is 1.68. The molecule has 0 spiro atoms. The molecule has 0 unspecified atom stereocenters. The topological polar surface area (TPSA) is 44.3 Å². The van der Waals surface area contributed by atoms with Crippen LogP contribution in [0.1, 0.15) is 5.56 Å². The molecular formula is C15H19N5. The molecule has 1 aromatic carbocycles. The molecule has 20 heavy (non-hydrogen) atoms. The van der Waals surface area contributed by atoms with E-state index in [-0.39, 0.29) is 0 Å². The van der Waals surface area contributed by atoms with Gasteiger partial charge in [-0.1, -0.05) is 30.3 Å². The summed E-state index contributed by atoms with van der Waals surface area (Å²) in [7, 11) is 0. The number of anilines is 1. The van der Waals surface area contributed by atoms with Gasteiger partial charge in [0.2, 0.25) is 0 Å². The normalized spacial score (nSPS) is 17.0. The van der Waals surface area contributed by atoms with Crippen molar-refractivity contribution in [3.8, 4) is 0 Å². The highest BCUT2D eigenvalue weighted by Gasteiger charge is 2.16. The Morgan fingerprint density at radius 3 is 2.45 bits per heavy atom. The van der Waals surface area contributed by atoms with Crippen LogP contribution in [-0.4, -0.2) is 46.3 Å². The fourth-order valence-electron chi connectivity index (χ4n) is 2.38. The molecule has 1 fully saturated rings. The van der Waals surface area contributed by atoms with E-state index in [1.165, 1.54) is 5.56 Å². The number of hydrogen-bond acceptors (Lipinski definition) is 5. The largest absolute Gasteiger partial charge is 0.302 e. The van der Waals surface area contributed by atoms with Gasteiger partial charge in [-0.05, 0) is 17.7 Å². The Kier molecular flexibility index (Phi) is 4.20. The first-order valence-electron chi connectivity index (χ1n) is 6.96. The molecule has 0 amide bonds. The molecule has 1 N–H and O–H groups in total. The Hall–Kier alpha value is -1.98. The molecular weight excluding hydrogens is 250 g/mol. The number of nitrogens with one attached hydrogen (secondary N) is 1. The van der Waals surface area contributed by atoms with E-state index in [0.29, 0.717) is 0 Å². The van der Waals surface area contributed by atoms with Gasteiger partial charge in [-0.2, -0.15) is 5.10 Å². The predicted octanol–water partition coefficient (Wildman–Crippen LogP) is 1.62. The minimum atomic E-state index is 0.809. The quantitative estimate of drug-likeness (QED) is 0.914. The van der Waals surface area contributed by atoms with Gasteiger partial charge in [0, 0.05) is 38.9 Å². The molecule has 0 aliphatic carbocycles. The zero-order valence-electron chi connectivity index (χ0n) is 11.4. The fourth-order valence-corrected chi connectivity index (χ4v) is 2.38. The third-order valence-electron chi connectivity index (χ3n) is 3.47. The maximum Gasteiger partial charge on any atom is 0.163 e. The maximum atomic E-state index is 4.04. The van der Waals surface area contributed by atoms with Gasteiger partial charge in [0.15, 0.2) is 5.82 Å². The summed E-state index contributed by atoms with van der Waals surface area (Å²) < 4.78 is 0. The van der Waals surface area contributed by atoms with Crippen LogP contribution in [0.5, 0.6) is 0 Å². The minimum absolute atomic E-state index is 0.809. The number of rotatable bonds is 4. The highest BCUT2D eigenvalue weighted by molar-refractivity contribution is 5.30. The monoisotopic (exact) mass is 269 g/mol. The molecule has 5 nitrogen and oxygen atoms in total. The Labute approximate surface area is 119 Å². The van der Waals surface area contributed by atoms with Crippen molar-refractivity contribution in [1.29, 1.82) is 0 Å². The third-order valence-corrected chi connectivity index (χ3v) is 3.47. The molecule has 0 radical (unpaired) electrons. The molecule has 1 aliphatic rings. The summed E-state index contributed by atoms with van der Waals surface area (Å²) in [6.45, 7) is 5.12. The van der Waals surface area contributed by atoms with Gasteiger partial charge < -0.3 is 5.43 Å². The van der Waals surface area contributed by atoms with E-state index in [2.05, 4.69) is 55.9 Å². The summed E-state index contributed by atoms with van der Waals surface area (Å²) in [5, 5.41) is 10.1. The van der Waals surface area contributed by atoms with Crippen molar-refractivity contribution in [1.82, 2.24) is 20.1 Å². The second-order valence-electron chi connectivity index (χ2n) is 4.97. The van der Waals surface area contributed by atoms with Crippen molar-refractivity contribution in [3.63, 3.8) is 0 Å². The van der Waals surface area contributed by atoms with Crippen LogP contribution in [0, 0.1) is 0 Å². The minimum Gasteiger partial charge on any atom is -0.302 e. The van der Waals surface area contributed by atoms with Crippen LogP contribution in [0.15, 0.2) is 48.7 Å². The predicted molar refractivity (Wildman–Crippen MR) is 78.9 cm³/mol. The zero-order valence-corrected chi connectivity index (χ0v) is 11.4. The smallest absolute Gasteiger partial charge is 0.163 e. The fraction of sp³-hybridized carbons (Fsp3) is 0.333. The van der Waals surface area contributed by atoms with E-state index in [4.69, 9.17) is 0 Å². The lowest BCUT2D eigenvalue weighted by molar-refractivity contribution is 0.146. The number of aromatic nitrogens is 2. The number of benzene rings is 1. The van der Waals surface area contributed by atoms with Crippen molar-refractivity contribution >= 4 is 5.82 Å². The van der Waals surface area contributed by atoms with E-state index >= 15 is 0 Å². The molecule has 0 atom stereocenters. The second kappa shape index (κ2) is 6.45. The first-order valence-corrected chi connectivity index (χ1v) is 6.96. The van der Waals surface area contributed by atoms with E-state index in [1.54, 1.807) is 6.20 Å². The maximum absolute atomic E-state index is 4.04. The SMILES string of the molecule is c1ccc(CN2CCN(Nc3cccnn3)CC2)cc1. The molecule has 2 aromatic rings. The molecule has 0 bridgehead atoms.